The molecule has 0 fully saturated rings. The number of carbonyl (C=O) groups is 1. The van der Waals surface area contributed by atoms with Crippen LogP contribution in [0.3, 0.4) is 0 Å². The summed E-state index contributed by atoms with van der Waals surface area (Å²) in [6.45, 7) is 2.21. The second-order valence-corrected chi connectivity index (χ2v) is 7.83. The van der Waals surface area contributed by atoms with Crippen LogP contribution in [0.5, 0.6) is 5.75 Å². The molecule has 1 N–H and O–H groups in total. The van der Waals surface area contributed by atoms with Crippen LogP contribution in [0.15, 0.2) is 60.7 Å². The maximum atomic E-state index is 12.0. The van der Waals surface area contributed by atoms with Gasteiger partial charge >= 0.3 is 0 Å². The third-order valence-corrected chi connectivity index (χ3v) is 5.74. The van der Waals surface area contributed by atoms with Crippen LogP contribution in [-0.2, 0) is 11.4 Å². The van der Waals surface area contributed by atoms with E-state index in [0.717, 1.165) is 37.3 Å². The Morgan fingerprint density at radius 3 is 2.68 bits per heavy atom. The number of fused-ring (bicyclic) bond motifs is 2. The Labute approximate surface area is 166 Å². The van der Waals surface area contributed by atoms with Crippen molar-refractivity contribution in [2.75, 3.05) is 7.05 Å². The zero-order valence-corrected chi connectivity index (χ0v) is 16.4. The SMILES string of the molecule is C[C@H](C(=O)N(C)O)c1ccc2cc(OCc3nc4ccccc4s3)ccc2c1. The largest absolute Gasteiger partial charge is 0.486 e. The second kappa shape index (κ2) is 7.58. The third-order valence-electron chi connectivity index (χ3n) is 4.73. The van der Waals surface area contributed by atoms with E-state index >= 15 is 0 Å². The van der Waals surface area contributed by atoms with Crippen molar-refractivity contribution in [1.82, 2.24) is 10.0 Å². The van der Waals surface area contributed by atoms with E-state index in [0.29, 0.717) is 11.7 Å². The molecule has 0 radical (unpaired) electrons. The fourth-order valence-electron chi connectivity index (χ4n) is 3.15. The summed E-state index contributed by atoms with van der Waals surface area (Å²) in [6.07, 6.45) is 0. The Bertz CT molecular complexity index is 1120. The summed E-state index contributed by atoms with van der Waals surface area (Å²) < 4.78 is 7.09. The van der Waals surface area contributed by atoms with Crippen LogP contribution < -0.4 is 4.74 Å². The van der Waals surface area contributed by atoms with Gasteiger partial charge in [0.2, 0.25) is 0 Å². The number of amides is 1. The lowest BCUT2D eigenvalue weighted by Crippen LogP contribution is -2.27. The van der Waals surface area contributed by atoms with Gasteiger partial charge in [0.15, 0.2) is 0 Å². The average molecular weight is 392 g/mol. The maximum Gasteiger partial charge on any atom is 0.252 e. The smallest absolute Gasteiger partial charge is 0.252 e. The van der Waals surface area contributed by atoms with Gasteiger partial charge < -0.3 is 4.74 Å². The molecule has 3 aromatic carbocycles. The molecule has 0 bridgehead atoms. The summed E-state index contributed by atoms with van der Waals surface area (Å²) in [5.41, 5.74) is 1.86. The molecule has 4 aromatic rings. The van der Waals surface area contributed by atoms with Crippen LogP contribution in [0, 0.1) is 0 Å². The maximum absolute atomic E-state index is 12.0. The number of hydrogen-bond donors (Lipinski definition) is 1. The number of nitrogens with zero attached hydrogens (tertiary/aromatic N) is 2. The lowest BCUT2D eigenvalue weighted by Gasteiger charge is -2.16. The van der Waals surface area contributed by atoms with E-state index in [4.69, 9.17) is 4.74 Å². The van der Waals surface area contributed by atoms with Crippen molar-refractivity contribution < 1.29 is 14.7 Å². The number of rotatable bonds is 5. The number of thiazole rings is 1. The van der Waals surface area contributed by atoms with Crippen molar-refractivity contribution in [2.24, 2.45) is 0 Å². The predicted octanol–water partition coefficient (Wildman–Crippen LogP) is 4.98. The fourth-order valence-corrected chi connectivity index (χ4v) is 4.03. The fraction of sp³-hybridized carbons (Fsp3) is 0.182. The van der Waals surface area contributed by atoms with Crippen molar-refractivity contribution in [3.8, 4) is 5.75 Å². The van der Waals surface area contributed by atoms with E-state index in [9.17, 15) is 10.0 Å². The summed E-state index contributed by atoms with van der Waals surface area (Å²) >= 11 is 1.64. The Hall–Kier alpha value is -2.96. The molecule has 0 aliphatic carbocycles. The number of hydrogen-bond acceptors (Lipinski definition) is 5. The van der Waals surface area contributed by atoms with Crippen LogP contribution >= 0.6 is 11.3 Å². The molecule has 0 unspecified atom stereocenters. The molecule has 28 heavy (non-hydrogen) atoms. The van der Waals surface area contributed by atoms with Gasteiger partial charge in [0.05, 0.1) is 16.1 Å². The van der Waals surface area contributed by atoms with Gasteiger partial charge in [-0.05, 0) is 47.5 Å². The van der Waals surface area contributed by atoms with Crippen LogP contribution in [0.4, 0.5) is 0 Å². The molecule has 6 heteroatoms. The predicted molar refractivity (Wildman–Crippen MR) is 111 cm³/mol. The van der Waals surface area contributed by atoms with Crippen LogP contribution in [0.25, 0.3) is 21.0 Å². The van der Waals surface area contributed by atoms with Gasteiger partial charge in [0.25, 0.3) is 5.91 Å². The van der Waals surface area contributed by atoms with Gasteiger partial charge in [0.1, 0.15) is 17.4 Å². The van der Waals surface area contributed by atoms with Crippen LogP contribution in [0.1, 0.15) is 23.4 Å². The van der Waals surface area contributed by atoms with Gasteiger partial charge in [-0.3, -0.25) is 10.0 Å². The van der Waals surface area contributed by atoms with E-state index in [2.05, 4.69) is 11.1 Å². The summed E-state index contributed by atoms with van der Waals surface area (Å²) in [7, 11) is 1.34. The number of carbonyl (C=O) groups excluding carboxylic acids is 1. The number of benzene rings is 3. The molecule has 0 aliphatic rings. The minimum Gasteiger partial charge on any atom is -0.486 e. The highest BCUT2D eigenvalue weighted by Crippen LogP contribution is 2.27. The van der Waals surface area contributed by atoms with E-state index in [1.807, 2.05) is 54.6 Å². The Balaban J connectivity index is 1.51. The lowest BCUT2D eigenvalue weighted by molar-refractivity contribution is -0.160. The molecular formula is C22H20N2O3S. The zero-order valence-electron chi connectivity index (χ0n) is 15.6. The monoisotopic (exact) mass is 392 g/mol. The van der Waals surface area contributed by atoms with Gasteiger partial charge in [-0.25, -0.2) is 10.0 Å². The Morgan fingerprint density at radius 1 is 1.14 bits per heavy atom. The van der Waals surface area contributed by atoms with Crippen LogP contribution in [-0.4, -0.2) is 28.2 Å². The lowest BCUT2D eigenvalue weighted by atomic mass is 9.97. The second-order valence-electron chi connectivity index (χ2n) is 6.72. The average Bonchev–Trinajstić information content (AvgIpc) is 3.13. The summed E-state index contributed by atoms with van der Waals surface area (Å²) in [5, 5.41) is 13.0. The quantitative estimate of drug-likeness (QED) is 0.384. The van der Waals surface area contributed by atoms with Crippen LogP contribution in [0.2, 0.25) is 0 Å². The minimum atomic E-state index is -0.408. The first-order valence-electron chi connectivity index (χ1n) is 8.98. The highest BCUT2D eigenvalue weighted by molar-refractivity contribution is 7.18. The van der Waals surface area contributed by atoms with Crippen molar-refractivity contribution in [1.29, 1.82) is 0 Å². The molecule has 0 saturated carbocycles. The standard InChI is InChI=1S/C22H20N2O3S/c1-14(22(25)24(2)26)15-7-8-17-12-18(10-9-16(17)11-15)27-13-21-23-19-5-3-4-6-20(19)28-21/h3-12,14,26H,13H2,1-2H3/t14-/m0/s1. The molecule has 4 rings (SSSR count). The number of aromatic nitrogens is 1. The molecule has 5 nitrogen and oxygen atoms in total. The van der Waals surface area contributed by atoms with Crippen molar-refractivity contribution in [2.45, 2.75) is 19.4 Å². The highest BCUT2D eigenvalue weighted by atomic mass is 32.1. The first-order valence-corrected chi connectivity index (χ1v) is 9.80. The van der Waals surface area contributed by atoms with Crippen molar-refractivity contribution in [3.05, 3.63) is 71.2 Å². The molecule has 142 valence electrons. The van der Waals surface area contributed by atoms with Gasteiger partial charge in [-0.15, -0.1) is 11.3 Å². The first-order chi connectivity index (χ1) is 13.5. The van der Waals surface area contributed by atoms with E-state index in [1.165, 1.54) is 7.05 Å². The van der Waals surface area contributed by atoms with E-state index < -0.39 is 5.92 Å². The molecule has 0 aliphatic heterocycles. The number of para-hydroxylation sites is 1. The minimum absolute atomic E-state index is 0.338. The van der Waals surface area contributed by atoms with Gasteiger partial charge in [-0.2, -0.15) is 0 Å². The van der Waals surface area contributed by atoms with E-state index in [1.54, 1.807) is 18.3 Å². The number of ether oxygens (including phenoxy) is 1. The molecule has 0 spiro atoms. The topological polar surface area (TPSA) is 62.7 Å². The van der Waals surface area contributed by atoms with Gasteiger partial charge in [0, 0.05) is 7.05 Å². The molecule has 0 saturated heterocycles. The summed E-state index contributed by atoms with van der Waals surface area (Å²) in [5.74, 6) is 0.0308. The molecule has 1 atom stereocenters. The highest BCUT2D eigenvalue weighted by Gasteiger charge is 2.18. The van der Waals surface area contributed by atoms with Crippen molar-refractivity contribution in [3.63, 3.8) is 0 Å². The van der Waals surface area contributed by atoms with Gasteiger partial charge in [-0.1, -0.05) is 36.4 Å². The summed E-state index contributed by atoms with van der Waals surface area (Å²) in [4.78, 5) is 16.6. The Morgan fingerprint density at radius 2 is 1.89 bits per heavy atom. The first kappa shape index (κ1) is 18.4. The zero-order chi connectivity index (χ0) is 19.7. The van der Waals surface area contributed by atoms with Crippen molar-refractivity contribution >= 4 is 38.2 Å². The number of likely N-dealkylation sites (N-methyl/N-ethyl adjacent to an activating group) is 1. The Kier molecular flexibility index (Phi) is 4.98. The molecule has 1 amide bonds. The molecule has 1 aromatic heterocycles. The van der Waals surface area contributed by atoms with E-state index in [-0.39, 0.29) is 5.91 Å². The summed E-state index contributed by atoms with van der Waals surface area (Å²) in [6, 6.07) is 19.8. The normalized spacial score (nSPS) is 12.2. The molecular weight excluding hydrogens is 372 g/mol. The molecule has 1 heterocycles. The third kappa shape index (κ3) is 3.69. The number of hydroxylamine groups is 2.